The van der Waals surface area contributed by atoms with E-state index in [0.717, 1.165) is 16.8 Å². The standard InChI is InChI=1S/C20H24N6O2/c1-12(2)9-23-20(21)17-7-8-18(25-24-17)27-11-16-14(4)28-26-19(16)15-6-5-13(3)22-10-15/h5-8,10,12H,9,11H2,1-4H3,(H2,21,23). The van der Waals surface area contributed by atoms with Gasteiger partial charge < -0.3 is 15.0 Å². The maximum absolute atomic E-state index is 5.94. The highest BCUT2D eigenvalue weighted by Gasteiger charge is 2.16. The second kappa shape index (κ2) is 8.60. The van der Waals surface area contributed by atoms with Crippen LogP contribution in [0.2, 0.25) is 0 Å². The van der Waals surface area contributed by atoms with Crippen LogP contribution >= 0.6 is 0 Å². The average molecular weight is 380 g/mol. The van der Waals surface area contributed by atoms with Crippen molar-refractivity contribution < 1.29 is 9.26 Å². The zero-order chi connectivity index (χ0) is 20.1. The molecule has 0 radical (unpaired) electrons. The van der Waals surface area contributed by atoms with Crippen molar-refractivity contribution >= 4 is 5.84 Å². The molecule has 0 saturated carbocycles. The van der Waals surface area contributed by atoms with Crippen molar-refractivity contribution in [3.8, 4) is 17.1 Å². The summed E-state index contributed by atoms with van der Waals surface area (Å²) in [5.74, 6) is 1.87. The predicted octanol–water partition coefficient (Wildman–Crippen LogP) is 3.08. The van der Waals surface area contributed by atoms with Crippen LogP contribution in [0.4, 0.5) is 0 Å². The van der Waals surface area contributed by atoms with Crippen LogP contribution in [0.15, 0.2) is 40.0 Å². The number of amidine groups is 1. The van der Waals surface area contributed by atoms with Crippen LogP contribution < -0.4 is 10.5 Å². The van der Waals surface area contributed by atoms with Gasteiger partial charge in [0.1, 0.15) is 29.6 Å². The Hall–Kier alpha value is -3.29. The number of aryl methyl sites for hydroxylation is 2. The molecule has 8 heteroatoms. The molecule has 146 valence electrons. The van der Waals surface area contributed by atoms with Crippen LogP contribution in [0.1, 0.15) is 36.6 Å². The van der Waals surface area contributed by atoms with Gasteiger partial charge in [-0.2, -0.15) is 0 Å². The lowest BCUT2D eigenvalue weighted by molar-refractivity contribution is 0.287. The Kier molecular flexibility index (Phi) is 5.98. The third kappa shape index (κ3) is 4.70. The van der Waals surface area contributed by atoms with E-state index in [2.05, 4.69) is 39.2 Å². The van der Waals surface area contributed by atoms with Gasteiger partial charge in [-0.15, -0.1) is 10.2 Å². The minimum atomic E-state index is 0.253. The van der Waals surface area contributed by atoms with Gasteiger partial charge in [-0.05, 0) is 38.0 Å². The number of aliphatic imine (C=N–C) groups is 1. The minimum Gasteiger partial charge on any atom is -0.472 e. The van der Waals surface area contributed by atoms with Gasteiger partial charge in [0.2, 0.25) is 5.88 Å². The molecular formula is C20H24N6O2. The highest BCUT2D eigenvalue weighted by Crippen LogP contribution is 2.25. The molecule has 3 aromatic heterocycles. The number of nitrogens with zero attached hydrogens (tertiary/aromatic N) is 5. The summed E-state index contributed by atoms with van der Waals surface area (Å²) in [7, 11) is 0. The maximum Gasteiger partial charge on any atom is 0.233 e. The van der Waals surface area contributed by atoms with Crippen molar-refractivity contribution in [1.82, 2.24) is 20.3 Å². The average Bonchev–Trinajstić information content (AvgIpc) is 3.06. The Bertz CT molecular complexity index is 946. The summed E-state index contributed by atoms with van der Waals surface area (Å²) < 4.78 is 11.1. The van der Waals surface area contributed by atoms with Crippen molar-refractivity contribution in [3.63, 3.8) is 0 Å². The summed E-state index contributed by atoms with van der Waals surface area (Å²) in [6, 6.07) is 7.35. The fourth-order valence-corrected chi connectivity index (χ4v) is 2.44. The first-order valence-electron chi connectivity index (χ1n) is 9.09. The smallest absolute Gasteiger partial charge is 0.233 e. The van der Waals surface area contributed by atoms with E-state index in [0.29, 0.717) is 41.3 Å². The second-order valence-electron chi connectivity index (χ2n) is 6.92. The molecule has 8 nitrogen and oxygen atoms in total. The van der Waals surface area contributed by atoms with E-state index in [1.54, 1.807) is 18.3 Å². The van der Waals surface area contributed by atoms with Gasteiger partial charge in [-0.1, -0.05) is 19.0 Å². The minimum absolute atomic E-state index is 0.253. The van der Waals surface area contributed by atoms with Gasteiger partial charge in [0.25, 0.3) is 0 Å². The first kappa shape index (κ1) is 19.5. The molecule has 0 fully saturated rings. The summed E-state index contributed by atoms with van der Waals surface area (Å²) in [6.45, 7) is 8.83. The lowest BCUT2D eigenvalue weighted by atomic mass is 10.1. The van der Waals surface area contributed by atoms with E-state index in [1.165, 1.54) is 0 Å². The van der Waals surface area contributed by atoms with Gasteiger partial charge in [-0.25, -0.2) is 0 Å². The molecule has 0 aliphatic heterocycles. The quantitative estimate of drug-likeness (QED) is 0.495. The molecular weight excluding hydrogens is 356 g/mol. The Morgan fingerprint density at radius 1 is 1.18 bits per heavy atom. The zero-order valence-corrected chi connectivity index (χ0v) is 16.5. The highest BCUT2D eigenvalue weighted by atomic mass is 16.5. The predicted molar refractivity (Wildman–Crippen MR) is 106 cm³/mol. The number of pyridine rings is 1. The first-order chi connectivity index (χ1) is 13.4. The lowest BCUT2D eigenvalue weighted by Gasteiger charge is -2.07. The van der Waals surface area contributed by atoms with Gasteiger partial charge in [0.15, 0.2) is 0 Å². The Balaban J connectivity index is 1.70. The van der Waals surface area contributed by atoms with Crippen LogP contribution in [-0.4, -0.2) is 32.7 Å². The maximum atomic E-state index is 5.94. The molecule has 3 heterocycles. The number of rotatable bonds is 7. The van der Waals surface area contributed by atoms with Gasteiger partial charge in [0, 0.05) is 30.1 Å². The van der Waals surface area contributed by atoms with Crippen LogP contribution in [0.5, 0.6) is 5.88 Å². The zero-order valence-electron chi connectivity index (χ0n) is 16.5. The number of ether oxygens (including phenoxy) is 1. The topological polar surface area (TPSA) is 112 Å². The first-order valence-corrected chi connectivity index (χ1v) is 9.09. The van der Waals surface area contributed by atoms with Crippen molar-refractivity contribution in [2.75, 3.05) is 6.54 Å². The van der Waals surface area contributed by atoms with Crippen molar-refractivity contribution in [3.05, 3.63) is 53.2 Å². The van der Waals surface area contributed by atoms with Gasteiger partial charge >= 0.3 is 0 Å². The molecule has 28 heavy (non-hydrogen) atoms. The Morgan fingerprint density at radius 2 is 2.00 bits per heavy atom. The van der Waals surface area contributed by atoms with Crippen molar-refractivity contribution in [2.24, 2.45) is 16.6 Å². The molecule has 0 bridgehead atoms. The molecule has 0 aliphatic carbocycles. The fraction of sp³-hybridized carbons (Fsp3) is 0.350. The monoisotopic (exact) mass is 380 g/mol. The number of hydrogen-bond donors (Lipinski definition) is 1. The van der Waals surface area contributed by atoms with Gasteiger partial charge in [0.05, 0.1) is 5.56 Å². The van der Waals surface area contributed by atoms with Crippen molar-refractivity contribution in [2.45, 2.75) is 34.3 Å². The molecule has 0 aromatic carbocycles. The number of nitrogens with two attached hydrogens (primary N) is 1. The van der Waals surface area contributed by atoms with Crippen LogP contribution in [0.3, 0.4) is 0 Å². The Labute approximate surface area is 163 Å². The molecule has 2 N–H and O–H groups in total. The largest absolute Gasteiger partial charge is 0.472 e. The van der Waals surface area contributed by atoms with Crippen LogP contribution in [0, 0.1) is 19.8 Å². The summed E-state index contributed by atoms with van der Waals surface area (Å²) in [5.41, 5.74) is 9.83. The molecule has 0 atom stereocenters. The molecule has 3 rings (SSSR count). The van der Waals surface area contributed by atoms with E-state index < -0.39 is 0 Å². The second-order valence-corrected chi connectivity index (χ2v) is 6.92. The van der Waals surface area contributed by atoms with E-state index in [9.17, 15) is 0 Å². The summed E-state index contributed by atoms with van der Waals surface area (Å²) in [5, 5.41) is 12.3. The molecule has 0 spiro atoms. The fourth-order valence-electron chi connectivity index (χ4n) is 2.44. The third-order valence-corrected chi connectivity index (χ3v) is 4.06. The SMILES string of the molecule is Cc1ccc(-c2noc(C)c2COc2ccc(C(N)=NCC(C)C)nn2)cn1. The van der Waals surface area contributed by atoms with E-state index in [-0.39, 0.29) is 6.61 Å². The van der Waals surface area contributed by atoms with E-state index in [1.807, 2.05) is 26.0 Å². The molecule has 0 unspecified atom stereocenters. The summed E-state index contributed by atoms with van der Waals surface area (Å²) >= 11 is 0. The van der Waals surface area contributed by atoms with Crippen LogP contribution in [-0.2, 0) is 6.61 Å². The molecule has 0 saturated heterocycles. The van der Waals surface area contributed by atoms with E-state index in [4.69, 9.17) is 15.0 Å². The normalized spacial score (nSPS) is 11.8. The van der Waals surface area contributed by atoms with E-state index >= 15 is 0 Å². The lowest BCUT2D eigenvalue weighted by Crippen LogP contribution is -2.17. The molecule has 3 aromatic rings. The third-order valence-electron chi connectivity index (χ3n) is 4.06. The summed E-state index contributed by atoms with van der Waals surface area (Å²) in [6.07, 6.45) is 1.77. The van der Waals surface area contributed by atoms with Crippen molar-refractivity contribution in [1.29, 1.82) is 0 Å². The molecule has 0 aliphatic rings. The number of hydrogen-bond acceptors (Lipinski definition) is 7. The highest BCUT2D eigenvalue weighted by molar-refractivity contribution is 5.95. The van der Waals surface area contributed by atoms with Gasteiger partial charge in [-0.3, -0.25) is 9.98 Å². The number of aromatic nitrogens is 4. The Morgan fingerprint density at radius 3 is 2.64 bits per heavy atom. The summed E-state index contributed by atoms with van der Waals surface area (Å²) in [4.78, 5) is 8.61. The molecule has 0 amide bonds. The van der Waals surface area contributed by atoms with Crippen LogP contribution in [0.25, 0.3) is 11.3 Å².